The molecule has 0 spiro atoms. The van der Waals surface area contributed by atoms with E-state index < -0.39 is 0 Å². The van der Waals surface area contributed by atoms with Crippen LogP contribution in [0.5, 0.6) is 0 Å². The summed E-state index contributed by atoms with van der Waals surface area (Å²) in [6, 6.07) is 0. The Balaban J connectivity index is 2.55. The normalized spacial score (nSPS) is 12.5. The number of rotatable bonds is 6. The van der Waals surface area contributed by atoms with Crippen molar-refractivity contribution in [2.24, 2.45) is 0 Å². The number of methoxy groups -OCH3 is 2. The quantitative estimate of drug-likeness (QED) is 0.814. The second kappa shape index (κ2) is 7.01. The number of hydrogen-bond donors (Lipinski definition) is 1. The number of nitrogens with one attached hydrogen (secondary N) is 1. The minimum absolute atomic E-state index is 0.0364. The molecule has 1 aromatic heterocycles. The molecule has 16 heavy (non-hydrogen) atoms. The van der Waals surface area contributed by atoms with Gasteiger partial charge >= 0.3 is 0 Å². The number of anilines is 1. The molecule has 0 radical (unpaired) electrons. The van der Waals surface area contributed by atoms with Gasteiger partial charge in [0.2, 0.25) is 5.28 Å². The molecule has 0 fully saturated rings. The third-order valence-electron chi connectivity index (χ3n) is 1.90. The highest BCUT2D eigenvalue weighted by Gasteiger charge is 2.09. The van der Waals surface area contributed by atoms with Crippen molar-refractivity contribution >= 4 is 33.3 Å². The fraction of sp³-hybridized carbons (Fsp3) is 0.556. The van der Waals surface area contributed by atoms with E-state index in [0.717, 1.165) is 4.47 Å². The lowest BCUT2D eigenvalue weighted by molar-refractivity contribution is 0.0365. The topological polar surface area (TPSA) is 56.3 Å². The maximum Gasteiger partial charge on any atom is 0.224 e. The highest BCUT2D eigenvalue weighted by molar-refractivity contribution is 9.10. The van der Waals surface area contributed by atoms with Gasteiger partial charge in [-0.2, -0.15) is 4.98 Å². The van der Waals surface area contributed by atoms with Crippen molar-refractivity contribution in [3.05, 3.63) is 16.0 Å². The van der Waals surface area contributed by atoms with Crippen molar-refractivity contribution in [1.82, 2.24) is 9.97 Å². The molecule has 5 nitrogen and oxygen atoms in total. The minimum atomic E-state index is -0.0364. The number of halogens is 2. The van der Waals surface area contributed by atoms with Crippen LogP contribution in [-0.4, -0.2) is 43.4 Å². The van der Waals surface area contributed by atoms with Crippen LogP contribution in [0.15, 0.2) is 10.7 Å². The van der Waals surface area contributed by atoms with Crippen LogP contribution in [0.4, 0.5) is 5.82 Å². The summed E-state index contributed by atoms with van der Waals surface area (Å²) in [6.07, 6.45) is 1.56. The molecule has 0 aliphatic carbocycles. The van der Waals surface area contributed by atoms with Crippen LogP contribution in [0.25, 0.3) is 0 Å². The predicted molar refractivity (Wildman–Crippen MR) is 65.9 cm³/mol. The molecule has 1 rings (SSSR count). The summed E-state index contributed by atoms with van der Waals surface area (Å²) >= 11 is 9.01. The maximum absolute atomic E-state index is 5.69. The van der Waals surface area contributed by atoms with Crippen LogP contribution in [0.1, 0.15) is 0 Å². The SMILES string of the molecule is COCC(CNc1nc(Cl)ncc1Br)OC. The van der Waals surface area contributed by atoms with E-state index in [1.807, 2.05) is 0 Å². The van der Waals surface area contributed by atoms with Crippen molar-refractivity contribution in [2.45, 2.75) is 6.10 Å². The van der Waals surface area contributed by atoms with Crippen molar-refractivity contribution < 1.29 is 9.47 Å². The first-order chi connectivity index (χ1) is 7.67. The van der Waals surface area contributed by atoms with E-state index in [2.05, 4.69) is 31.2 Å². The van der Waals surface area contributed by atoms with Crippen molar-refractivity contribution in [1.29, 1.82) is 0 Å². The summed E-state index contributed by atoms with van der Waals surface area (Å²) in [5.41, 5.74) is 0. The maximum atomic E-state index is 5.69. The lowest BCUT2D eigenvalue weighted by Crippen LogP contribution is -2.27. The Morgan fingerprint density at radius 3 is 2.94 bits per heavy atom. The molecule has 1 aromatic rings. The van der Waals surface area contributed by atoms with Gasteiger partial charge in [-0.1, -0.05) is 0 Å². The van der Waals surface area contributed by atoms with Gasteiger partial charge in [0, 0.05) is 27.0 Å². The average molecular weight is 311 g/mol. The molecule has 1 atom stereocenters. The van der Waals surface area contributed by atoms with E-state index >= 15 is 0 Å². The molecule has 0 saturated carbocycles. The molecule has 7 heteroatoms. The van der Waals surface area contributed by atoms with Gasteiger partial charge in [-0.3, -0.25) is 0 Å². The molecular weight excluding hydrogens is 297 g/mol. The molecular formula is C9H13BrClN3O2. The Labute approximate surface area is 108 Å². The van der Waals surface area contributed by atoms with Gasteiger partial charge < -0.3 is 14.8 Å². The van der Waals surface area contributed by atoms with Crippen molar-refractivity contribution in [2.75, 3.05) is 32.7 Å². The second-order valence-electron chi connectivity index (χ2n) is 3.03. The second-order valence-corrected chi connectivity index (χ2v) is 4.22. The van der Waals surface area contributed by atoms with Crippen molar-refractivity contribution in [3.63, 3.8) is 0 Å². The minimum Gasteiger partial charge on any atom is -0.382 e. The lowest BCUT2D eigenvalue weighted by Gasteiger charge is -2.15. The van der Waals surface area contributed by atoms with Crippen molar-refractivity contribution in [3.8, 4) is 0 Å². The number of aromatic nitrogens is 2. The number of ether oxygens (including phenoxy) is 2. The molecule has 0 bridgehead atoms. The van der Waals surface area contributed by atoms with Gasteiger partial charge in [0.1, 0.15) is 5.82 Å². The first kappa shape index (κ1) is 13.6. The third-order valence-corrected chi connectivity index (χ3v) is 2.66. The van der Waals surface area contributed by atoms with E-state index in [9.17, 15) is 0 Å². The molecule has 0 aliphatic rings. The molecule has 1 unspecified atom stereocenters. The molecule has 0 saturated heterocycles. The fourth-order valence-electron chi connectivity index (χ4n) is 1.08. The summed E-state index contributed by atoms with van der Waals surface area (Å²) in [4.78, 5) is 7.87. The Kier molecular flexibility index (Phi) is 5.97. The van der Waals surface area contributed by atoms with Gasteiger partial charge in [0.05, 0.1) is 17.2 Å². The van der Waals surface area contributed by atoms with E-state index in [1.54, 1.807) is 20.4 Å². The molecule has 0 aliphatic heterocycles. The largest absolute Gasteiger partial charge is 0.382 e. The van der Waals surface area contributed by atoms with E-state index in [4.69, 9.17) is 21.1 Å². The zero-order chi connectivity index (χ0) is 12.0. The van der Waals surface area contributed by atoms with E-state index in [1.165, 1.54) is 0 Å². The first-order valence-corrected chi connectivity index (χ1v) is 5.78. The fourth-order valence-corrected chi connectivity index (χ4v) is 1.54. The summed E-state index contributed by atoms with van der Waals surface area (Å²) in [7, 11) is 3.26. The zero-order valence-electron chi connectivity index (χ0n) is 9.04. The lowest BCUT2D eigenvalue weighted by atomic mass is 10.3. The number of hydrogen-bond acceptors (Lipinski definition) is 5. The van der Waals surface area contributed by atoms with Gasteiger partial charge in [-0.15, -0.1) is 0 Å². The third kappa shape index (κ3) is 4.21. The standard InChI is InChI=1S/C9H13BrClN3O2/c1-15-5-6(16-2)3-12-8-7(10)4-13-9(11)14-8/h4,6H,3,5H2,1-2H3,(H,12,13,14). The predicted octanol–water partition coefficient (Wildman–Crippen LogP) is 1.97. The molecule has 0 amide bonds. The average Bonchev–Trinajstić information content (AvgIpc) is 2.28. The van der Waals surface area contributed by atoms with E-state index in [0.29, 0.717) is 19.0 Å². The van der Waals surface area contributed by atoms with Gasteiger partial charge in [0.25, 0.3) is 0 Å². The Morgan fingerprint density at radius 1 is 1.56 bits per heavy atom. The monoisotopic (exact) mass is 309 g/mol. The Morgan fingerprint density at radius 2 is 2.31 bits per heavy atom. The summed E-state index contributed by atoms with van der Waals surface area (Å²) in [5, 5.41) is 3.30. The molecule has 1 N–H and O–H groups in total. The van der Waals surface area contributed by atoms with Crippen LogP contribution in [0, 0.1) is 0 Å². The van der Waals surface area contributed by atoms with Gasteiger partial charge in [-0.05, 0) is 27.5 Å². The number of nitrogens with zero attached hydrogens (tertiary/aromatic N) is 2. The summed E-state index contributed by atoms with van der Waals surface area (Å²) in [5.74, 6) is 0.637. The zero-order valence-corrected chi connectivity index (χ0v) is 11.4. The Hall–Kier alpha value is -0.430. The smallest absolute Gasteiger partial charge is 0.224 e. The first-order valence-electron chi connectivity index (χ1n) is 4.61. The van der Waals surface area contributed by atoms with E-state index in [-0.39, 0.29) is 11.4 Å². The van der Waals surface area contributed by atoms with Crippen LogP contribution in [0.3, 0.4) is 0 Å². The highest BCUT2D eigenvalue weighted by Crippen LogP contribution is 2.19. The van der Waals surface area contributed by atoms with Crippen LogP contribution < -0.4 is 5.32 Å². The Bertz CT molecular complexity index is 341. The highest BCUT2D eigenvalue weighted by atomic mass is 79.9. The van der Waals surface area contributed by atoms with Crippen LogP contribution >= 0.6 is 27.5 Å². The van der Waals surface area contributed by atoms with Crippen LogP contribution in [0.2, 0.25) is 5.28 Å². The van der Waals surface area contributed by atoms with Gasteiger partial charge in [0.15, 0.2) is 0 Å². The summed E-state index contributed by atoms with van der Waals surface area (Å²) < 4.78 is 11.0. The van der Waals surface area contributed by atoms with Crippen LogP contribution in [-0.2, 0) is 9.47 Å². The molecule has 90 valence electrons. The summed E-state index contributed by atoms with van der Waals surface area (Å²) in [6.45, 7) is 1.09. The van der Waals surface area contributed by atoms with Gasteiger partial charge in [-0.25, -0.2) is 4.98 Å². The molecule has 0 aromatic carbocycles. The molecule has 1 heterocycles.